The first-order chi connectivity index (χ1) is 32.3. The summed E-state index contributed by atoms with van der Waals surface area (Å²) in [4.78, 5) is 25.9. The maximum atomic E-state index is 13.8. The number of alkyl halides is 2. The highest BCUT2D eigenvalue weighted by Gasteiger charge is 2.42. The lowest BCUT2D eigenvalue weighted by molar-refractivity contribution is -0.136. The van der Waals surface area contributed by atoms with E-state index in [-0.39, 0.29) is 38.5 Å². The zero-order chi connectivity index (χ0) is 50.6. The molecule has 8 nitrogen and oxygen atoms in total. The van der Waals surface area contributed by atoms with Gasteiger partial charge in [0.25, 0.3) is 0 Å². The molecule has 0 aliphatic heterocycles. The Bertz CT molecular complexity index is 2810. The van der Waals surface area contributed by atoms with Gasteiger partial charge in [-0.1, -0.05) is 140 Å². The Morgan fingerprint density at radius 2 is 0.884 bits per heavy atom. The largest absolute Gasteiger partial charge is 0.486 e. The fourth-order valence-corrected chi connectivity index (χ4v) is 10.0. The molecule has 0 aliphatic rings. The Labute approximate surface area is 426 Å². The fraction of sp³-hybridized carbons (Fsp3) is 0.345. The van der Waals surface area contributed by atoms with E-state index in [0.717, 1.165) is 34.2 Å². The van der Waals surface area contributed by atoms with E-state index in [1.165, 1.54) is 0 Å². The minimum absolute atomic E-state index is 0.00323. The van der Waals surface area contributed by atoms with Crippen molar-refractivity contribution in [1.29, 1.82) is 0 Å². The Balaban J connectivity index is 1.05. The maximum absolute atomic E-state index is 13.8. The molecule has 0 amide bonds. The highest BCUT2D eigenvalue weighted by Crippen LogP contribution is 2.38. The molecule has 6 aromatic carbocycles. The van der Waals surface area contributed by atoms with Crippen LogP contribution in [0, 0.1) is 0 Å². The molecule has 0 fully saturated rings. The lowest BCUT2D eigenvalue weighted by atomic mass is 9.78. The van der Waals surface area contributed by atoms with Gasteiger partial charge in [0, 0.05) is 10.8 Å². The average Bonchev–Trinajstić information content (AvgIpc) is 3.31. The van der Waals surface area contributed by atoms with E-state index in [0.29, 0.717) is 41.6 Å². The zero-order valence-corrected chi connectivity index (χ0v) is 45.5. The lowest BCUT2D eigenvalue weighted by Crippen LogP contribution is -2.49. The third-order valence-electron chi connectivity index (χ3n) is 12.7. The van der Waals surface area contributed by atoms with Crippen LogP contribution in [0.15, 0.2) is 155 Å². The summed E-state index contributed by atoms with van der Waals surface area (Å²) in [7, 11) is -3.81. The third kappa shape index (κ3) is 12.6. The van der Waals surface area contributed by atoms with E-state index in [9.17, 15) is 18.0 Å². The van der Waals surface area contributed by atoms with Crippen molar-refractivity contribution in [3.8, 4) is 28.7 Å². The predicted molar refractivity (Wildman–Crippen MR) is 283 cm³/mol. The molecule has 6 aromatic rings. The monoisotopic (exact) mass is 1080 g/mol. The van der Waals surface area contributed by atoms with Crippen molar-refractivity contribution in [2.45, 2.75) is 136 Å². The molecule has 6 rings (SSSR count). The number of halogens is 2. The summed E-state index contributed by atoms with van der Waals surface area (Å²) in [5, 5.41) is 0. The van der Waals surface area contributed by atoms with E-state index in [1.807, 2.05) is 144 Å². The molecule has 364 valence electrons. The zero-order valence-electron chi connectivity index (χ0n) is 41.5. The summed E-state index contributed by atoms with van der Waals surface area (Å²) in [5.41, 5.74) is 3.56. The first-order valence-corrected chi connectivity index (χ1v) is 26.4. The summed E-state index contributed by atoms with van der Waals surface area (Å²) < 4.78 is 50.5. The number of esters is 1. The number of hydrogen-bond acceptors (Lipinski definition) is 8. The molecule has 69 heavy (non-hydrogen) atoms. The van der Waals surface area contributed by atoms with Crippen LogP contribution in [0.1, 0.15) is 129 Å². The molecule has 0 radical (unpaired) electrons. The minimum Gasteiger partial charge on any atom is -0.486 e. The quantitative estimate of drug-likeness (QED) is 0.0423. The second-order valence-electron chi connectivity index (χ2n) is 19.8. The van der Waals surface area contributed by atoms with Crippen LogP contribution < -0.4 is 18.9 Å². The van der Waals surface area contributed by atoms with Gasteiger partial charge in [-0.25, -0.2) is 8.42 Å². The van der Waals surface area contributed by atoms with Gasteiger partial charge in [0.1, 0.15) is 39.2 Å². The van der Waals surface area contributed by atoms with Crippen LogP contribution in [-0.4, -0.2) is 34.4 Å². The normalized spacial score (nSPS) is 13.8. The van der Waals surface area contributed by atoms with Crippen LogP contribution in [-0.2, 0) is 30.3 Å². The van der Waals surface area contributed by atoms with Gasteiger partial charge < -0.3 is 18.9 Å². The number of sulfone groups is 1. The van der Waals surface area contributed by atoms with Crippen molar-refractivity contribution in [3.05, 3.63) is 173 Å². The number of carbonyl (C=O) groups is 2. The van der Waals surface area contributed by atoms with Crippen LogP contribution >= 0.6 is 31.9 Å². The molecule has 1 unspecified atom stereocenters. The van der Waals surface area contributed by atoms with Crippen LogP contribution in [0.2, 0.25) is 0 Å². The van der Waals surface area contributed by atoms with Crippen molar-refractivity contribution < 1.29 is 37.0 Å². The number of rotatable bonds is 20. The first kappa shape index (κ1) is 53.1. The number of ketones is 1. The number of hydrogen-bond donors (Lipinski definition) is 0. The number of Topliss-reactive ketones (excluding diaryl/α,β-unsaturated/α-hetero) is 1. The summed E-state index contributed by atoms with van der Waals surface area (Å²) in [6, 6.07) is 44.7. The third-order valence-corrected chi connectivity index (χ3v) is 15.1. The van der Waals surface area contributed by atoms with Gasteiger partial charge in [-0.2, -0.15) is 0 Å². The first-order valence-electron chi connectivity index (χ1n) is 23.3. The molecule has 0 saturated heterocycles. The van der Waals surface area contributed by atoms with Gasteiger partial charge in [0.15, 0.2) is 11.4 Å². The van der Waals surface area contributed by atoms with Gasteiger partial charge in [-0.3, -0.25) is 9.59 Å². The van der Waals surface area contributed by atoms with Gasteiger partial charge in [0.05, 0.1) is 14.1 Å². The lowest BCUT2D eigenvalue weighted by Gasteiger charge is -2.34. The van der Waals surface area contributed by atoms with Crippen LogP contribution in [0.25, 0.3) is 0 Å². The van der Waals surface area contributed by atoms with Crippen LogP contribution in [0.5, 0.6) is 28.7 Å². The molecule has 0 aliphatic carbocycles. The number of benzene rings is 6. The molecule has 2 atom stereocenters. The molecule has 0 heterocycles. The Kier molecular flexibility index (Phi) is 16.2. The number of carbonyl (C=O) groups excluding carboxylic acids is 2. The summed E-state index contributed by atoms with van der Waals surface area (Å²) in [5.74, 6) is 2.61. The van der Waals surface area contributed by atoms with Crippen molar-refractivity contribution in [3.63, 3.8) is 0 Å². The van der Waals surface area contributed by atoms with E-state index < -0.39 is 24.1 Å². The predicted octanol–water partition coefficient (Wildman–Crippen LogP) is 15.3. The Hall–Kier alpha value is -5.23. The van der Waals surface area contributed by atoms with Gasteiger partial charge in [0.2, 0.25) is 9.84 Å². The Morgan fingerprint density at radius 3 is 1.28 bits per heavy atom. The van der Waals surface area contributed by atoms with Crippen molar-refractivity contribution >= 4 is 53.4 Å². The Morgan fingerprint density at radius 1 is 0.507 bits per heavy atom. The molecule has 11 heteroatoms. The van der Waals surface area contributed by atoms with Crippen LogP contribution in [0.3, 0.4) is 0 Å². The molecular formula is C58H64Br2O8S. The molecule has 0 N–H and O–H groups in total. The molecule has 0 saturated carbocycles. The smallest absolute Gasteiger partial charge is 0.327 e. The van der Waals surface area contributed by atoms with Crippen LogP contribution in [0.4, 0.5) is 0 Å². The van der Waals surface area contributed by atoms with Gasteiger partial charge in [-0.15, -0.1) is 0 Å². The second-order valence-corrected chi connectivity index (χ2v) is 25.7. The van der Waals surface area contributed by atoms with E-state index >= 15 is 0 Å². The molecule has 0 aromatic heterocycles. The minimum atomic E-state index is -3.81. The van der Waals surface area contributed by atoms with E-state index in [1.54, 1.807) is 50.2 Å². The molecule has 0 bridgehead atoms. The van der Waals surface area contributed by atoms with Crippen molar-refractivity contribution in [2.24, 2.45) is 0 Å². The van der Waals surface area contributed by atoms with Gasteiger partial charge >= 0.3 is 5.97 Å². The fourth-order valence-electron chi connectivity index (χ4n) is 8.28. The summed E-state index contributed by atoms with van der Waals surface area (Å²) in [6.07, 6.45) is 1.81. The second kappa shape index (κ2) is 21.0. The van der Waals surface area contributed by atoms with E-state index in [4.69, 9.17) is 18.9 Å². The molecular weight excluding hydrogens is 1020 g/mol. The van der Waals surface area contributed by atoms with Gasteiger partial charge in [-0.05, 0) is 160 Å². The maximum Gasteiger partial charge on any atom is 0.327 e. The summed E-state index contributed by atoms with van der Waals surface area (Å²) in [6.45, 7) is 21.7. The standard InChI is InChI=1S/C58H64Br2O8S/c1-12-38-58(11,52(61)56(7,8)59)68-48-30-22-43(23-31-48)55(5,6)40-16-24-44(25-17-40)65-45-32-36-50(37-33-45)69(63,64)49-34-14-39(15-35-49)51(13-2)66-46-26-18-41(19-27-46)54(3,4)42-20-28-47(29-21-42)67-53(62)57(9,10)60/h14-37,51H,12-13,38H2,1-11H3/t51?,58-/m1/s1. The van der Waals surface area contributed by atoms with E-state index in [2.05, 4.69) is 59.6 Å². The summed E-state index contributed by atoms with van der Waals surface area (Å²) >= 11 is 6.87. The van der Waals surface area contributed by atoms with Crippen molar-refractivity contribution in [1.82, 2.24) is 0 Å². The average molecular weight is 1080 g/mol. The van der Waals surface area contributed by atoms with Crippen molar-refractivity contribution in [2.75, 3.05) is 0 Å². The molecule has 0 spiro atoms. The SMILES string of the molecule is CCC[C@@](C)(Oc1ccc(C(C)(C)c2ccc(Oc3ccc(S(=O)(=O)c4ccc(C(CC)Oc5ccc(C(C)(C)c6ccc(OC(=O)C(C)(C)Br)cc6)cc5)cc4)cc3)cc2)cc1)C(=O)C(C)(C)Br. The number of ether oxygens (including phenoxy) is 4. The highest BCUT2D eigenvalue weighted by molar-refractivity contribution is 9.10. The highest BCUT2D eigenvalue weighted by atomic mass is 79.9. The topological polar surface area (TPSA) is 105 Å².